The van der Waals surface area contributed by atoms with Crippen LogP contribution in [0.5, 0.6) is 0 Å². The lowest BCUT2D eigenvalue weighted by atomic mass is 10.1. The second kappa shape index (κ2) is 7.08. The highest BCUT2D eigenvalue weighted by atomic mass is 15.5. The Morgan fingerprint density at radius 2 is 2.07 bits per heavy atom. The van der Waals surface area contributed by atoms with Crippen molar-refractivity contribution in [3.63, 3.8) is 0 Å². The van der Waals surface area contributed by atoms with E-state index in [1.807, 2.05) is 38.2 Å². The summed E-state index contributed by atoms with van der Waals surface area (Å²) in [5, 5.41) is 20.4. The van der Waals surface area contributed by atoms with Gasteiger partial charge in [0.05, 0.1) is 17.9 Å². The molecule has 0 spiro atoms. The number of hydrogen-bond acceptors (Lipinski definition) is 7. The molecular formula is C19H20N8. The molecule has 3 aromatic heterocycles. The second-order valence-corrected chi connectivity index (χ2v) is 6.34. The minimum atomic E-state index is 0.342. The van der Waals surface area contributed by atoms with Gasteiger partial charge in [0, 0.05) is 25.1 Å². The van der Waals surface area contributed by atoms with Gasteiger partial charge in [-0.3, -0.25) is 9.99 Å². The highest BCUT2D eigenvalue weighted by molar-refractivity contribution is 5.96. The van der Waals surface area contributed by atoms with Gasteiger partial charge >= 0.3 is 0 Å². The first kappa shape index (κ1) is 17.0. The van der Waals surface area contributed by atoms with Crippen molar-refractivity contribution in [1.29, 1.82) is 0 Å². The molecule has 0 radical (unpaired) electrons. The Hall–Kier alpha value is -3.39. The van der Waals surface area contributed by atoms with Gasteiger partial charge < -0.3 is 5.73 Å². The van der Waals surface area contributed by atoms with Gasteiger partial charge in [-0.15, -0.1) is 10.2 Å². The van der Waals surface area contributed by atoms with E-state index >= 15 is 0 Å². The summed E-state index contributed by atoms with van der Waals surface area (Å²) < 4.78 is 1.77. The van der Waals surface area contributed by atoms with Crippen LogP contribution in [0.2, 0.25) is 0 Å². The fraction of sp³-hybridized carbons (Fsp3) is 0.211. The molecule has 3 heterocycles. The molecule has 0 saturated heterocycles. The van der Waals surface area contributed by atoms with Gasteiger partial charge in [0.1, 0.15) is 5.69 Å². The fourth-order valence-electron chi connectivity index (χ4n) is 2.90. The molecule has 4 rings (SSSR count). The van der Waals surface area contributed by atoms with Crippen molar-refractivity contribution < 1.29 is 0 Å². The predicted octanol–water partition coefficient (Wildman–Crippen LogP) is 1.84. The Balaban J connectivity index is 1.69. The van der Waals surface area contributed by atoms with E-state index in [-0.39, 0.29) is 0 Å². The van der Waals surface area contributed by atoms with Gasteiger partial charge in [-0.25, -0.2) is 0 Å². The zero-order valence-corrected chi connectivity index (χ0v) is 15.2. The van der Waals surface area contributed by atoms with Crippen LogP contribution < -0.4 is 5.73 Å². The zero-order valence-electron chi connectivity index (χ0n) is 15.2. The van der Waals surface area contributed by atoms with Crippen molar-refractivity contribution in [3.8, 4) is 0 Å². The normalized spacial score (nSPS) is 12.0. The zero-order chi connectivity index (χ0) is 18.8. The fourth-order valence-corrected chi connectivity index (χ4v) is 2.90. The minimum absolute atomic E-state index is 0.342. The molecule has 0 amide bonds. The molecule has 0 aliphatic carbocycles. The number of fused-ring (bicyclic) bond motifs is 2. The number of benzene rings is 1. The molecule has 0 aliphatic rings. The minimum Gasteiger partial charge on any atom is -0.313 e. The van der Waals surface area contributed by atoms with E-state index in [4.69, 9.17) is 5.73 Å². The van der Waals surface area contributed by atoms with Crippen LogP contribution in [0.3, 0.4) is 0 Å². The molecule has 27 heavy (non-hydrogen) atoms. The van der Waals surface area contributed by atoms with Crippen LogP contribution in [-0.2, 0) is 6.42 Å². The van der Waals surface area contributed by atoms with E-state index < -0.39 is 0 Å². The molecule has 1 aromatic carbocycles. The van der Waals surface area contributed by atoms with E-state index in [2.05, 4.69) is 43.6 Å². The molecule has 8 heteroatoms. The summed E-state index contributed by atoms with van der Waals surface area (Å²) >= 11 is 0. The maximum absolute atomic E-state index is 5.59. The van der Waals surface area contributed by atoms with Crippen molar-refractivity contribution in [3.05, 3.63) is 65.7 Å². The maximum atomic E-state index is 5.59. The summed E-state index contributed by atoms with van der Waals surface area (Å²) in [5.74, 6) is 0.773. The number of nitrogens with two attached hydrogens (primary N) is 1. The van der Waals surface area contributed by atoms with Crippen molar-refractivity contribution in [1.82, 2.24) is 29.8 Å². The Kier molecular flexibility index (Phi) is 4.47. The quantitative estimate of drug-likeness (QED) is 0.331. The first-order chi connectivity index (χ1) is 13.1. The van der Waals surface area contributed by atoms with E-state index in [1.165, 1.54) is 0 Å². The first-order valence-corrected chi connectivity index (χ1v) is 8.66. The van der Waals surface area contributed by atoms with Crippen molar-refractivity contribution in [2.75, 3.05) is 13.7 Å². The maximum Gasteiger partial charge on any atom is 0.177 e. The van der Waals surface area contributed by atoms with Gasteiger partial charge in [-0.1, -0.05) is 12.1 Å². The summed E-state index contributed by atoms with van der Waals surface area (Å²) in [4.78, 5) is 4.36. The third-order valence-electron chi connectivity index (χ3n) is 4.31. The topological polar surface area (TPSA) is 97.6 Å². The molecule has 4 aromatic rings. The van der Waals surface area contributed by atoms with Gasteiger partial charge in [0.25, 0.3) is 0 Å². The molecule has 0 aliphatic heterocycles. The third-order valence-corrected chi connectivity index (χ3v) is 4.31. The summed E-state index contributed by atoms with van der Waals surface area (Å²) in [6.45, 7) is 2.25. The number of hydrazone groups is 1. The van der Waals surface area contributed by atoms with E-state index in [0.29, 0.717) is 18.7 Å². The number of aromatic nitrogens is 5. The second-order valence-electron chi connectivity index (χ2n) is 6.34. The molecule has 2 N–H and O–H groups in total. The Morgan fingerprint density at radius 1 is 1.19 bits per heavy atom. The van der Waals surface area contributed by atoms with Crippen LogP contribution in [0.1, 0.15) is 24.0 Å². The smallest absolute Gasteiger partial charge is 0.177 e. The molecule has 0 saturated carbocycles. The number of nitrogens with zero attached hydrogens (tertiary/aromatic N) is 7. The molecule has 0 fully saturated rings. The predicted molar refractivity (Wildman–Crippen MR) is 104 cm³/mol. The van der Waals surface area contributed by atoms with E-state index in [0.717, 1.165) is 33.7 Å². The lowest BCUT2D eigenvalue weighted by Crippen LogP contribution is -2.22. The van der Waals surface area contributed by atoms with Crippen LogP contribution in [0.15, 0.2) is 53.8 Å². The molecule has 8 nitrogen and oxygen atoms in total. The van der Waals surface area contributed by atoms with Crippen LogP contribution in [0.4, 0.5) is 0 Å². The Labute approximate surface area is 156 Å². The van der Waals surface area contributed by atoms with Gasteiger partial charge in [0.15, 0.2) is 11.5 Å². The highest BCUT2D eigenvalue weighted by Crippen LogP contribution is 2.16. The lowest BCUT2D eigenvalue weighted by molar-refractivity contribution is 0.366. The number of rotatable bonds is 5. The van der Waals surface area contributed by atoms with Crippen molar-refractivity contribution >= 4 is 22.3 Å². The Morgan fingerprint density at radius 3 is 2.93 bits per heavy atom. The van der Waals surface area contributed by atoms with Gasteiger partial charge in [0.2, 0.25) is 0 Å². The Bertz CT molecular complexity index is 1130. The van der Waals surface area contributed by atoms with Crippen LogP contribution in [0.25, 0.3) is 16.6 Å². The molecule has 0 atom stereocenters. The molecular weight excluding hydrogens is 340 g/mol. The standard InChI is InChI=1S/C19H20N8/c1-13(24-26(2)12-20)16-7-8-18-22-23-19(27(18)25-16)11-14-5-6-17-15(10-14)4-3-9-21-17/h3-10H,11-12,20H2,1-2H3. The molecule has 136 valence electrons. The van der Waals surface area contributed by atoms with Gasteiger partial charge in [-0.05, 0) is 42.8 Å². The SMILES string of the molecule is CC(=NN(C)CN)c1ccc2nnc(Cc3ccc4ncccc4c3)n2n1. The first-order valence-electron chi connectivity index (χ1n) is 8.66. The summed E-state index contributed by atoms with van der Waals surface area (Å²) in [6, 6.07) is 14.0. The summed E-state index contributed by atoms with van der Waals surface area (Å²) in [7, 11) is 1.82. The van der Waals surface area contributed by atoms with Crippen molar-refractivity contribution in [2.24, 2.45) is 10.8 Å². The van der Waals surface area contributed by atoms with Crippen molar-refractivity contribution in [2.45, 2.75) is 13.3 Å². The van der Waals surface area contributed by atoms with E-state index in [1.54, 1.807) is 15.7 Å². The number of pyridine rings is 1. The highest BCUT2D eigenvalue weighted by Gasteiger charge is 2.11. The van der Waals surface area contributed by atoms with Crippen LogP contribution in [-0.4, -0.2) is 49.2 Å². The largest absolute Gasteiger partial charge is 0.313 e. The molecule has 0 unspecified atom stereocenters. The number of hydrogen-bond donors (Lipinski definition) is 1. The summed E-state index contributed by atoms with van der Waals surface area (Å²) in [6.07, 6.45) is 2.42. The average Bonchev–Trinajstić information content (AvgIpc) is 3.09. The molecule has 0 bridgehead atoms. The van der Waals surface area contributed by atoms with Crippen LogP contribution >= 0.6 is 0 Å². The van der Waals surface area contributed by atoms with Crippen LogP contribution in [0, 0.1) is 0 Å². The van der Waals surface area contributed by atoms with E-state index in [9.17, 15) is 0 Å². The lowest BCUT2D eigenvalue weighted by Gasteiger charge is -2.10. The monoisotopic (exact) mass is 360 g/mol. The summed E-state index contributed by atoms with van der Waals surface area (Å²) in [5.41, 5.74) is 9.94. The van der Waals surface area contributed by atoms with Gasteiger partial charge in [-0.2, -0.15) is 14.7 Å². The third kappa shape index (κ3) is 3.47. The average molecular weight is 360 g/mol.